The SMILES string of the molecule is O=C(CN1CCCC1)Nc1nc2ccc(Nc3ccc(Cl)cc3)nc2s1. The van der Waals surface area contributed by atoms with Crippen molar-refractivity contribution in [3.63, 3.8) is 0 Å². The number of hydrogen-bond donors (Lipinski definition) is 2. The van der Waals surface area contributed by atoms with Crippen LogP contribution in [0.3, 0.4) is 0 Å². The van der Waals surface area contributed by atoms with E-state index in [1.54, 1.807) is 0 Å². The minimum Gasteiger partial charge on any atom is -0.340 e. The van der Waals surface area contributed by atoms with E-state index in [0.29, 0.717) is 16.7 Å². The van der Waals surface area contributed by atoms with Gasteiger partial charge in [-0.3, -0.25) is 9.69 Å². The van der Waals surface area contributed by atoms with Crippen molar-refractivity contribution in [1.82, 2.24) is 14.9 Å². The van der Waals surface area contributed by atoms with Crippen molar-refractivity contribution < 1.29 is 4.79 Å². The monoisotopic (exact) mass is 387 g/mol. The van der Waals surface area contributed by atoms with Crippen LogP contribution >= 0.6 is 22.9 Å². The molecule has 0 unspecified atom stereocenters. The highest BCUT2D eigenvalue weighted by Gasteiger charge is 2.16. The molecule has 4 rings (SSSR count). The smallest absolute Gasteiger partial charge is 0.240 e. The molecule has 0 bridgehead atoms. The Balaban J connectivity index is 1.44. The van der Waals surface area contributed by atoms with Crippen LogP contribution in [-0.2, 0) is 4.79 Å². The van der Waals surface area contributed by atoms with Crippen LogP contribution < -0.4 is 10.6 Å². The largest absolute Gasteiger partial charge is 0.340 e. The molecule has 0 radical (unpaired) electrons. The van der Waals surface area contributed by atoms with Crippen molar-refractivity contribution in [2.45, 2.75) is 12.8 Å². The number of benzene rings is 1. The van der Waals surface area contributed by atoms with Crippen molar-refractivity contribution in [2.75, 3.05) is 30.3 Å². The molecule has 6 nitrogen and oxygen atoms in total. The first-order chi connectivity index (χ1) is 12.7. The normalized spacial score (nSPS) is 14.7. The van der Waals surface area contributed by atoms with Crippen molar-refractivity contribution in [1.29, 1.82) is 0 Å². The molecule has 1 aliphatic heterocycles. The summed E-state index contributed by atoms with van der Waals surface area (Å²) in [6.45, 7) is 2.41. The number of aromatic nitrogens is 2. The molecule has 3 heterocycles. The molecule has 0 spiro atoms. The Morgan fingerprint density at radius 1 is 1.12 bits per heavy atom. The summed E-state index contributed by atoms with van der Waals surface area (Å²) in [5, 5.41) is 7.40. The molecule has 1 aromatic carbocycles. The van der Waals surface area contributed by atoms with E-state index < -0.39 is 0 Å². The molecule has 26 heavy (non-hydrogen) atoms. The third-order valence-electron chi connectivity index (χ3n) is 4.18. The van der Waals surface area contributed by atoms with E-state index in [4.69, 9.17) is 11.6 Å². The Bertz CT molecular complexity index is 921. The number of carbonyl (C=O) groups is 1. The van der Waals surface area contributed by atoms with Gasteiger partial charge in [0.1, 0.15) is 16.2 Å². The summed E-state index contributed by atoms with van der Waals surface area (Å²) in [6, 6.07) is 11.2. The van der Waals surface area contributed by atoms with Crippen LogP contribution in [0, 0.1) is 0 Å². The molecular weight excluding hydrogens is 370 g/mol. The van der Waals surface area contributed by atoms with Gasteiger partial charge >= 0.3 is 0 Å². The molecular formula is C18H18ClN5OS. The second kappa shape index (κ2) is 7.57. The van der Waals surface area contributed by atoms with Crippen molar-refractivity contribution in [2.24, 2.45) is 0 Å². The fourth-order valence-electron chi connectivity index (χ4n) is 2.92. The minimum atomic E-state index is -0.0227. The summed E-state index contributed by atoms with van der Waals surface area (Å²) in [7, 11) is 0. The second-order valence-corrected chi connectivity index (χ2v) is 7.62. The molecule has 0 aliphatic carbocycles. The highest BCUT2D eigenvalue weighted by atomic mass is 35.5. The first-order valence-electron chi connectivity index (χ1n) is 8.48. The summed E-state index contributed by atoms with van der Waals surface area (Å²) in [6.07, 6.45) is 2.34. The lowest BCUT2D eigenvalue weighted by Gasteiger charge is -2.12. The summed E-state index contributed by atoms with van der Waals surface area (Å²) in [4.78, 5) is 24.1. The standard InChI is InChI=1S/C18H18ClN5OS/c19-12-3-5-13(6-4-12)20-15-8-7-14-17(22-15)26-18(21-14)23-16(25)11-24-9-1-2-10-24/h3-8H,1-2,9-11H2,(H,20,22)(H,21,23,25). The van der Waals surface area contributed by atoms with E-state index in [1.807, 2.05) is 36.4 Å². The van der Waals surface area contributed by atoms with Crippen molar-refractivity contribution >= 4 is 55.8 Å². The number of hydrogen-bond acceptors (Lipinski definition) is 6. The van der Waals surface area contributed by atoms with Gasteiger partial charge in [0.2, 0.25) is 5.91 Å². The third-order valence-corrected chi connectivity index (χ3v) is 5.32. The Morgan fingerprint density at radius 3 is 2.65 bits per heavy atom. The third kappa shape index (κ3) is 4.12. The molecule has 2 aromatic heterocycles. The number of likely N-dealkylation sites (tertiary alicyclic amines) is 1. The summed E-state index contributed by atoms with van der Waals surface area (Å²) in [5.74, 6) is 0.698. The van der Waals surface area contributed by atoms with Crippen LogP contribution in [-0.4, -0.2) is 40.4 Å². The first-order valence-corrected chi connectivity index (χ1v) is 9.67. The Labute approximate surface area is 160 Å². The zero-order valence-electron chi connectivity index (χ0n) is 14.0. The number of halogens is 1. The Kier molecular flexibility index (Phi) is 5.01. The lowest BCUT2D eigenvalue weighted by molar-refractivity contribution is -0.117. The van der Waals surface area contributed by atoms with Gasteiger partial charge in [0.15, 0.2) is 5.13 Å². The fourth-order valence-corrected chi connectivity index (χ4v) is 3.90. The zero-order valence-corrected chi connectivity index (χ0v) is 15.6. The van der Waals surface area contributed by atoms with Gasteiger partial charge in [0.25, 0.3) is 0 Å². The predicted molar refractivity (Wildman–Crippen MR) is 106 cm³/mol. The second-order valence-electron chi connectivity index (χ2n) is 6.20. The van der Waals surface area contributed by atoms with Gasteiger partial charge in [0, 0.05) is 10.7 Å². The Hall–Kier alpha value is -2.22. The summed E-state index contributed by atoms with van der Waals surface area (Å²) < 4.78 is 0. The quantitative estimate of drug-likeness (QED) is 0.689. The number of anilines is 3. The van der Waals surface area contributed by atoms with Crippen LogP contribution in [0.25, 0.3) is 10.3 Å². The van der Waals surface area contributed by atoms with Gasteiger partial charge in [0.05, 0.1) is 6.54 Å². The fraction of sp³-hybridized carbons (Fsp3) is 0.278. The Morgan fingerprint density at radius 2 is 1.88 bits per heavy atom. The molecule has 8 heteroatoms. The molecule has 1 fully saturated rings. The molecule has 134 valence electrons. The number of nitrogens with one attached hydrogen (secondary N) is 2. The molecule has 0 saturated carbocycles. The molecule has 1 saturated heterocycles. The lowest BCUT2D eigenvalue weighted by Crippen LogP contribution is -2.30. The van der Waals surface area contributed by atoms with E-state index in [-0.39, 0.29) is 5.91 Å². The van der Waals surface area contributed by atoms with E-state index in [2.05, 4.69) is 25.5 Å². The lowest BCUT2D eigenvalue weighted by atomic mass is 10.3. The molecule has 2 N–H and O–H groups in total. The van der Waals surface area contributed by atoms with Crippen LogP contribution in [0.2, 0.25) is 5.02 Å². The predicted octanol–water partition coefficient (Wildman–Crippen LogP) is 4.12. The summed E-state index contributed by atoms with van der Waals surface area (Å²) >= 11 is 7.28. The topological polar surface area (TPSA) is 70.2 Å². The highest BCUT2D eigenvalue weighted by Crippen LogP contribution is 2.27. The van der Waals surface area contributed by atoms with Gasteiger partial charge in [-0.05, 0) is 62.3 Å². The maximum Gasteiger partial charge on any atom is 0.240 e. The van der Waals surface area contributed by atoms with Gasteiger partial charge in [-0.15, -0.1) is 0 Å². The average Bonchev–Trinajstić information content (AvgIpc) is 3.25. The molecule has 1 aliphatic rings. The minimum absolute atomic E-state index is 0.0227. The number of carbonyl (C=O) groups excluding carboxylic acids is 1. The van der Waals surface area contributed by atoms with E-state index >= 15 is 0 Å². The van der Waals surface area contributed by atoms with Crippen LogP contribution in [0.4, 0.5) is 16.6 Å². The number of thiazole rings is 1. The number of amides is 1. The van der Waals surface area contributed by atoms with Crippen LogP contribution in [0.5, 0.6) is 0 Å². The number of nitrogens with zero attached hydrogens (tertiary/aromatic N) is 3. The molecule has 1 amide bonds. The van der Waals surface area contributed by atoms with Crippen LogP contribution in [0.1, 0.15) is 12.8 Å². The number of fused-ring (bicyclic) bond motifs is 1. The summed E-state index contributed by atoms with van der Waals surface area (Å²) in [5.41, 5.74) is 1.68. The van der Waals surface area contributed by atoms with Crippen molar-refractivity contribution in [3.05, 3.63) is 41.4 Å². The van der Waals surface area contributed by atoms with Crippen molar-refractivity contribution in [3.8, 4) is 0 Å². The zero-order chi connectivity index (χ0) is 17.9. The van der Waals surface area contributed by atoms with Gasteiger partial charge in [-0.2, -0.15) is 0 Å². The maximum atomic E-state index is 12.2. The maximum absolute atomic E-state index is 12.2. The molecule has 3 aromatic rings. The molecule has 0 atom stereocenters. The average molecular weight is 388 g/mol. The number of pyridine rings is 1. The van der Waals surface area contributed by atoms with Crippen LogP contribution in [0.15, 0.2) is 36.4 Å². The van der Waals surface area contributed by atoms with Gasteiger partial charge < -0.3 is 10.6 Å². The van der Waals surface area contributed by atoms with E-state index in [0.717, 1.165) is 34.9 Å². The first kappa shape index (κ1) is 17.2. The van der Waals surface area contributed by atoms with E-state index in [9.17, 15) is 4.79 Å². The highest BCUT2D eigenvalue weighted by molar-refractivity contribution is 7.22. The number of rotatable bonds is 5. The van der Waals surface area contributed by atoms with E-state index in [1.165, 1.54) is 24.2 Å². The van der Waals surface area contributed by atoms with Gasteiger partial charge in [-0.25, -0.2) is 9.97 Å². The van der Waals surface area contributed by atoms with Gasteiger partial charge in [-0.1, -0.05) is 22.9 Å².